The van der Waals surface area contributed by atoms with Gasteiger partial charge in [-0.3, -0.25) is 9.59 Å². The fraction of sp³-hybridized carbons (Fsp3) is 0.778. The fourth-order valence-corrected chi connectivity index (χ4v) is 3.76. The molecule has 0 heterocycles. The van der Waals surface area contributed by atoms with Crippen molar-refractivity contribution in [2.24, 2.45) is 11.8 Å². The van der Waals surface area contributed by atoms with Crippen molar-refractivity contribution in [1.29, 1.82) is 0 Å². The topological polar surface area (TPSA) is 66.4 Å². The van der Waals surface area contributed by atoms with Gasteiger partial charge in [-0.05, 0) is 37.5 Å². The summed E-state index contributed by atoms with van der Waals surface area (Å²) in [5.41, 5.74) is 0. The highest BCUT2D eigenvalue weighted by Gasteiger charge is 2.22. The van der Waals surface area contributed by atoms with Gasteiger partial charge in [-0.25, -0.2) is 0 Å². The van der Waals surface area contributed by atoms with E-state index in [4.69, 9.17) is 5.11 Å². The minimum absolute atomic E-state index is 0.0251. The second-order valence-corrected chi connectivity index (χ2v) is 6.91. The van der Waals surface area contributed by atoms with E-state index >= 15 is 0 Å². The molecular formula is C18H29NO3. The third-order valence-corrected chi connectivity index (χ3v) is 4.97. The molecule has 0 radical (unpaired) electrons. The maximum Gasteiger partial charge on any atom is 0.303 e. The Hall–Kier alpha value is -1.32. The van der Waals surface area contributed by atoms with Crippen LogP contribution in [0.2, 0.25) is 0 Å². The van der Waals surface area contributed by atoms with Crippen LogP contribution in [-0.2, 0) is 9.59 Å². The maximum atomic E-state index is 12.2. The summed E-state index contributed by atoms with van der Waals surface area (Å²) in [5.74, 6) is 0.332. The van der Waals surface area contributed by atoms with E-state index in [1.54, 1.807) is 0 Å². The molecule has 0 aliphatic heterocycles. The van der Waals surface area contributed by atoms with Crippen LogP contribution in [0.4, 0.5) is 0 Å². The number of carboxylic acid groups (broad SMARTS) is 1. The number of carboxylic acids is 1. The Bertz CT molecular complexity index is 399. The minimum atomic E-state index is -0.776. The molecule has 2 aliphatic rings. The lowest BCUT2D eigenvalue weighted by molar-refractivity contribution is -0.137. The van der Waals surface area contributed by atoms with E-state index in [1.807, 2.05) is 0 Å². The molecule has 2 unspecified atom stereocenters. The van der Waals surface area contributed by atoms with E-state index in [9.17, 15) is 9.59 Å². The molecule has 0 saturated heterocycles. The molecule has 0 aromatic rings. The number of aliphatic carboxylic acids is 1. The van der Waals surface area contributed by atoms with Crippen molar-refractivity contribution in [2.75, 3.05) is 0 Å². The molecular weight excluding hydrogens is 278 g/mol. The standard InChI is InChI=1S/C18H29NO3/c20-17(13-15-8-4-5-9-15)19-16(10-11-18(21)22)12-14-6-2-1-3-7-14/h4,8,14-16H,1-3,5-7,9-13H2,(H,19,20)(H,21,22). The summed E-state index contributed by atoms with van der Waals surface area (Å²) < 4.78 is 0. The van der Waals surface area contributed by atoms with Gasteiger partial charge in [0.15, 0.2) is 0 Å². The van der Waals surface area contributed by atoms with E-state index in [-0.39, 0.29) is 18.4 Å². The molecule has 2 rings (SSSR count). The quantitative estimate of drug-likeness (QED) is 0.672. The van der Waals surface area contributed by atoms with Crippen LogP contribution in [0.25, 0.3) is 0 Å². The molecule has 4 heteroatoms. The summed E-state index contributed by atoms with van der Waals surface area (Å²) >= 11 is 0. The summed E-state index contributed by atoms with van der Waals surface area (Å²) in [6, 6.07) is 0.0251. The molecule has 2 aliphatic carbocycles. The molecule has 0 spiro atoms. The van der Waals surface area contributed by atoms with Gasteiger partial charge in [-0.2, -0.15) is 0 Å². The first-order valence-corrected chi connectivity index (χ1v) is 8.81. The molecule has 1 saturated carbocycles. The van der Waals surface area contributed by atoms with Gasteiger partial charge >= 0.3 is 5.97 Å². The van der Waals surface area contributed by atoms with Gasteiger partial charge in [0.05, 0.1) is 0 Å². The van der Waals surface area contributed by atoms with Crippen LogP contribution in [-0.4, -0.2) is 23.0 Å². The van der Waals surface area contributed by atoms with E-state index in [0.29, 0.717) is 24.7 Å². The highest BCUT2D eigenvalue weighted by molar-refractivity contribution is 5.77. The van der Waals surface area contributed by atoms with Crippen molar-refractivity contribution in [2.45, 2.75) is 76.7 Å². The zero-order valence-electron chi connectivity index (χ0n) is 13.4. The summed E-state index contributed by atoms with van der Waals surface area (Å²) in [4.78, 5) is 23.0. The molecule has 124 valence electrons. The average Bonchev–Trinajstić information content (AvgIpc) is 2.98. The average molecular weight is 307 g/mol. The monoisotopic (exact) mass is 307 g/mol. The first-order valence-electron chi connectivity index (χ1n) is 8.81. The van der Waals surface area contributed by atoms with Crippen LogP contribution < -0.4 is 5.32 Å². The largest absolute Gasteiger partial charge is 0.481 e. The molecule has 1 amide bonds. The molecule has 2 atom stereocenters. The SMILES string of the molecule is O=C(O)CCC(CC1CCCCC1)NC(=O)CC1C=CCC1. The van der Waals surface area contributed by atoms with Gasteiger partial charge in [0.25, 0.3) is 0 Å². The molecule has 22 heavy (non-hydrogen) atoms. The Morgan fingerprint density at radius 2 is 1.95 bits per heavy atom. The second kappa shape index (κ2) is 8.96. The molecule has 4 nitrogen and oxygen atoms in total. The first kappa shape index (κ1) is 17.0. The van der Waals surface area contributed by atoms with Crippen molar-refractivity contribution < 1.29 is 14.7 Å². The number of allylic oxidation sites excluding steroid dienone is 2. The summed E-state index contributed by atoms with van der Waals surface area (Å²) in [6.45, 7) is 0. The molecule has 0 aromatic carbocycles. The third-order valence-electron chi connectivity index (χ3n) is 4.97. The zero-order chi connectivity index (χ0) is 15.8. The molecule has 0 aromatic heterocycles. The smallest absolute Gasteiger partial charge is 0.303 e. The Morgan fingerprint density at radius 3 is 2.59 bits per heavy atom. The van der Waals surface area contributed by atoms with Crippen molar-refractivity contribution in [3.63, 3.8) is 0 Å². The third kappa shape index (κ3) is 6.20. The second-order valence-electron chi connectivity index (χ2n) is 6.91. The van der Waals surface area contributed by atoms with Gasteiger partial charge < -0.3 is 10.4 Å². The Labute approximate surface area is 133 Å². The zero-order valence-corrected chi connectivity index (χ0v) is 13.4. The number of hydrogen-bond acceptors (Lipinski definition) is 2. The minimum Gasteiger partial charge on any atom is -0.481 e. The number of rotatable bonds is 8. The van der Waals surface area contributed by atoms with Gasteiger partial charge in [-0.15, -0.1) is 0 Å². The number of carbonyl (C=O) groups is 2. The van der Waals surface area contributed by atoms with Crippen LogP contribution >= 0.6 is 0 Å². The van der Waals surface area contributed by atoms with E-state index in [1.165, 1.54) is 32.1 Å². The van der Waals surface area contributed by atoms with Crippen molar-refractivity contribution in [1.82, 2.24) is 5.32 Å². The Kier molecular flexibility index (Phi) is 6.94. The lowest BCUT2D eigenvalue weighted by Gasteiger charge is -2.27. The van der Waals surface area contributed by atoms with Crippen LogP contribution in [0.5, 0.6) is 0 Å². The van der Waals surface area contributed by atoms with Crippen LogP contribution in [0.15, 0.2) is 12.2 Å². The van der Waals surface area contributed by atoms with E-state index in [0.717, 1.165) is 19.3 Å². The predicted octanol–water partition coefficient (Wildman–Crippen LogP) is 3.66. The van der Waals surface area contributed by atoms with Crippen LogP contribution in [0, 0.1) is 11.8 Å². The van der Waals surface area contributed by atoms with E-state index in [2.05, 4.69) is 17.5 Å². The van der Waals surface area contributed by atoms with Crippen molar-refractivity contribution in [3.05, 3.63) is 12.2 Å². The number of amides is 1. The number of nitrogens with one attached hydrogen (secondary N) is 1. The van der Waals surface area contributed by atoms with Crippen molar-refractivity contribution >= 4 is 11.9 Å². The number of hydrogen-bond donors (Lipinski definition) is 2. The fourth-order valence-electron chi connectivity index (χ4n) is 3.76. The lowest BCUT2D eigenvalue weighted by Crippen LogP contribution is -2.37. The molecule has 0 bridgehead atoms. The Morgan fingerprint density at radius 1 is 1.18 bits per heavy atom. The highest BCUT2D eigenvalue weighted by atomic mass is 16.4. The Balaban J connectivity index is 1.80. The van der Waals surface area contributed by atoms with Gasteiger partial charge in [0, 0.05) is 18.9 Å². The normalized spacial score (nSPS) is 23.4. The van der Waals surface area contributed by atoms with Crippen molar-refractivity contribution in [3.8, 4) is 0 Å². The van der Waals surface area contributed by atoms with E-state index < -0.39 is 5.97 Å². The molecule has 2 N–H and O–H groups in total. The summed E-state index contributed by atoms with van der Waals surface area (Å²) in [7, 11) is 0. The predicted molar refractivity (Wildman–Crippen MR) is 86.5 cm³/mol. The van der Waals surface area contributed by atoms with Gasteiger partial charge in [-0.1, -0.05) is 44.3 Å². The summed E-state index contributed by atoms with van der Waals surface area (Å²) in [5, 5.41) is 12.0. The van der Waals surface area contributed by atoms with Crippen LogP contribution in [0.3, 0.4) is 0 Å². The highest BCUT2D eigenvalue weighted by Crippen LogP contribution is 2.28. The lowest BCUT2D eigenvalue weighted by atomic mass is 9.84. The maximum absolute atomic E-state index is 12.2. The molecule has 1 fully saturated rings. The van der Waals surface area contributed by atoms with Gasteiger partial charge in [0.2, 0.25) is 5.91 Å². The first-order chi connectivity index (χ1) is 10.6. The van der Waals surface area contributed by atoms with Gasteiger partial charge in [0.1, 0.15) is 0 Å². The summed E-state index contributed by atoms with van der Waals surface area (Å²) in [6.07, 6.45) is 14.9. The van der Waals surface area contributed by atoms with Crippen LogP contribution in [0.1, 0.15) is 70.6 Å². The number of carbonyl (C=O) groups excluding carboxylic acids is 1.